The topological polar surface area (TPSA) is 106 Å². The largest absolute Gasteiger partial charge is 0.361 e. The number of anilines is 2. The van der Waals surface area contributed by atoms with Gasteiger partial charge in [0.15, 0.2) is 0 Å². The number of nitrogens with one attached hydrogen (secondary N) is 2. The summed E-state index contributed by atoms with van der Waals surface area (Å²) in [5.41, 5.74) is 0.819. The Balaban J connectivity index is 1.78. The highest BCUT2D eigenvalue weighted by atomic mass is 16.6. The average molecular weight is 328 g/mol. The van der Waals surface area contributed by atoms with Gasteiger partial charge in [-0.2, -0.15) is 0 Å². The van der Waals surface area contributed by atoms with Gasteiger partial charge in [-0.25, -0.2) is 9.97 Å². The molecule has 0 aromatic carbocycles. The second kappa shape index (κ2) is 7.67. The van der Waals surface area contributed by atoms with E-state index in [2.05, 4.69) is 25.6 Å². The fourth-order valence-corrected chi connectivity index (χ4v) is 2.92. The molecule has 3 rings (SSSR count). The lowest BCUT2D eigenvalue weighted by Gasteiger charge is -2.23. The first kappa shape index (κ1) is 16.1. The molecule has 0 amide bonds. The van der Waals surface area contributed by atoms with E-state index in [0.717, 1.165) is 31.2 Å². The van der Waals surface area contributed by atoms with Crippen molar-refractivity contribution in [1.82, 2.24) is 15.0 Å². The van der Waals surface area contributed by atoms with E-state index in [9.17, 15) is 10.1 Å². The number of pyridine rings is 1. The molecule has 1 aliphatic carbocycles. The molecule has 0 atom stereocenters. The van der Waals surface area contributed by atoms with E-state index in [0.29, 0.717) is 6.54 Å². The van der Waals surface area contributed by atoms with E-state index in [1.165, 1.54) is 12.7 Å². The fraction of sp³-hybridized carbons (Fsp3) is 0.438. The molecule has 2 aromatic heterocycles. The van der Waals surface area contributed by atoms with Crippen LogP contribution in [-0.4, -0.2) is 25.9 Å². The van der Waals surface area contributed by atoms with E-state index in [4.69, 9.17) is 0 Å². The lowest BCUT2D eigenvalue weighted by molar-refractivity contribution is -0.383. The first-order valence-corrected chi connectivity index (χ1v) is 8.13. The fourth-order valence-electron chi connectivity index (χ4n) is 2.92. The van der Waals surface area contributed by atoms with Crippen molar-refractivity contribution in [3.05, 3.63) is 46.5 Å². The molecule has 1 fully saturated rings. The van der Waals surface area contributed by atoms with Crippen LogP contribution < -0.4 is 10.6 Å². The first-order chi connectivity index (χ1) is 11.7. The first-order valence-electron chi connectivity index (χ1n) is 8.13. The summed E-state index contributed by atoms with van der Waals surface area (Å²) in [6.45, 7) is 0.411. The highest BCUT2D eigenvalue weighted by molar-refractivity contribution is 5.69. The summed E-state index contributed by atoms with van der Waals surface area (Å²) < 4.78 is 0. The molecule has 0 aliphatic heterocycles. The molecular formula is C16H20N6O2. The van der Waals surface area contributed by atoms with Crippen molar-refractivity contribution < 1.29 is 4.92 Å². The lowest BCUT2D eigenvalue weighted by atomic mass is 9.95. The smallest absolute Gasteiger partial charge is 0.353 e. The zero-order chi connectivity index (χ0) is 16.8. The Labute approximate surface area is 139 Å². The second-order valence-electron chi connectivity index (χ2n) is 5.87. The molecule has 126 valence electrons. The Bertz CT molecular complexity index is 688. The molecule has 0 bridgehead atoms. The number of hydrogen-bond donors (Lipinski definition) is 2. The van der Waals surface area contributed by atoms with Crippen molar-refractivity contribution in [2.24, 2.45) is 0 Å². The Morgan fingerprint density at radius 3 is 2.71 bits per heavy atom. The molecule has 2 heterocycles. The Morgan fingerprint density at radius 1 is 1.21 bits per heavy atom. The standard InChI is InChI=1S/C16H20N6O2/c23-22(24)14-15(18-10-12-5-4-8-17-9-12)19-11-20-16(14)21-13-6-2-1-3-7-13/h4-5,8-9,11,13H,1-3,6-7,10H2,(H2,18,19,20,21). The number of rotatable bonds is 6. The van der Waals surface area contributed by atoms with Crippen molar-refractivity contribution in [3.8, 4) is 0 Å². The Hall–Kier alpha value is -2.77. The van der Waals surface area contributed by atoms with Gasteiger partial charge in [0.05, 0.1) is 4.92 Å². The maximum absolute atomic E-state index is 11.5. The predicted octanol–water partition coefficient (Wildman–Crippen LogP) is 3.14. The summed E-state index contributed by atoms with van der Waals surface area (Å²) >= 11 is 0. The van der Waals surface area contributed by atoms with E-state index in [1.54, 1.807) is 12.4 Å². The molecule has 8 heteroatoms. The number of aromatic nitrogens is 3. The molecule has 0 spiro atoms. The lowest BCUT2D eigenvalue weighted by Crippen LogP contribution is -2.23. The van der Waals surface area contributed by atoms with Gasteiger partial charge in [-0.15, -0.1) is 0 Å². The van der Waals surface area contributed by atoms with Crippen LogP contribution in [0.5, 0.6) is 0 Å². The van der Waals surface area contributed by atoms with Crippen LogP contribution in [0, 0.1) is 10.1 Å². The molecule has 0 radical (unpaired) electrons. The third-order valence-electron chi connectivity index (χ3n) is 4.13. The van der Waals surface area contributed by atoms with Gasteiger partial charge >= 0.3 is 5.69 Å². The van der Waals surface area contributed by atoms with E-state index in [1.807, 2.05) is 12.1 Å². The van der Waals surface area contributed by atoms with Crippen LogP contribution >= 0.6 is 0 Å². The summed E-state index contributed by atoms with van der Waals surface area (Å²) in [6.07, 6.45) is 10.3. The molecule has 8 nitrogen and oxygen atoms in total. The van der Waals surface area contributed by atoms with Crippen LogP contribution in [0.25, 0.3) is 0 Å². The number of nitrogens with zero attached hydrogens (tertiary/aromatic N) is 4. The Morgan fingerprint density at radius 2 is 2.00 bits per heavy atom. The van der Waals surface area contributed by atoms with Crippen LogP contribution in [0.2, 0.25) is 0 Å². The third kappa shape index (κ3) is 3.95. The SMILES string of the molecule is O=[N+]([O-])c1c(NCc2cccnc2)ncnc1NC1CCCCC1. The minimum Gasteiger partial charge on any atom is -0.361 e. The highest BCUT2D eigenvalue weighted by Gasteiger charge is 2.25. The van der Waals surface area contributed by atoms with Crippen LogP contribution in [0.3, 0.4) is 0 Å². The van der Waals surface area contributed by atoms with Gasteiger partial charge in [-0.05, 0) is 24.5 Å². The van der Waals surface area contributed by atoms with Crippen LogP contribution in [0.15, 0.2) is 30.9 Å². The van der Waals surface area contributed by atoms with Gasteiger partial charge in [-0.1, -0.05) is 25.3 Å². The maximum atomic E-state index is 11.5. The van der Waals surface area contributed by atoms with Gasteiger partial charge in [-0.3, -0.25) is 15.1 Å². The van der Waals surface area contributed by atoms with Crippen molar-refractivity contribution in [1.29, 1.82) is 0 Å². The molecule has 1 aliphatic rings. The van der Waals surface area contributed by atoms with Crippen molar-refractivity contribution >= 4 is 17.3 Å². The van der Waals surface area contributed by atoms with Gasteiger partial charge < -0.3 is 10.6 Å². The summed E-state index contributed by atoms with van der Waals surface area (Å²) in [5.74, 6) is 0.507. The molecular weight excluding hydrogens is 308 g/mol. The monoisotopic (exact) mass is 328 g/mol. The average Bonchev–Trinajstić information content (AvgIpc) is 2.61. The quantitative estimate of drug-likeness (QED) is 0.619. The number of nitro groups is 1. The van der Waals surface area contributed by atoms with E-state index < -0.39 is 4.92 Å². The zero-order valence-electron chi connectivity index (χ0n) is 13.3. The zero-order valence-corrected chi connectivity index (χ0v) is 13.3. The maximum Gasteiger partial charge on any atom is 0.353 e. The van der Waals surface area contributed by atoms with Crippen LogP contribution in [0.4, 0.5) is 17.3 Å². The molecule has 0 unspecified atom stereocenters. The van der Waals surface area contributed by atoms with Gasteiger partial charge in [0, 0.05) is 25.0 Å². The minimum atomic E-state index is -0.434. The van der Waals surface area contributed by atoms with Gasteiger partial charge in [0.25, 0.3) is 0 Å². The Kier molecular flexibility index (Phi) is 5.15. The summed E-state index contributed by atoms with van der Waals surface area (Å²) in [4.78, 5) is 23.3. The van der Waals surface area contributed by atoms with Crippen molar-refractivity contribution in [2.45, 2.75) is 44.7 Å². The molecule has 24 heavy (non-hydrogen) atoms. The molecule has 2 N–H and O–H groups in total. The highest BCUT2D eigenvalue weighted by Crippen LogP contribution is 2.31. The van der Waals surface area contributed by atoms with E-state index >= 15 is 0 Å². The van der Waals surface area contributed by atoms with Crippen LogP contribution in [-0.2, 0) is 6.54 Å². The third-order valence-corrected chi connectivity index (χ3v) is 4.13. The normalized spacial score (nSPS) is 15.0. The van der Waals surface area contributed by atoms with E-state index in [-0.39, 0.29) is 23.4 Å². The van der Waals surface area contributed by atoms with Gasteiger partial charge in [0.2, 0.25) is 11.6 Å². The van der Waals surface area contributed by atoms with Crippen molar-refractivity contribution in [3.63, 3.8) is 0 Å². The van der Waals surface area contributed by atoms with Crippen molar-refractivity contribution in [2.75, 3.05) is 10.6 Å². The van der Waals surface area contributed by atoms with Gasteiger partial charge in [0.1, 0.15) is 6.33 Å². The summed E-state index contributed by atoms with van der Waals surface area (Å²) in [6, 6.07) is 3.95. The predicted molar refractivity (Wildman–Crippen MR) is 90.7 cm³/mol. The minimum absolute atomic E-state index is 0.105. The molecule has 0 saturated heterocycles. The van der Waals surface area contributed by atoms with Crippen LogP contribution in [0.1, 0.15) is 37.7 Å². The molecule has 1 saturated carbocycles. The summed E-state index contributed by atoms with van der Waals surface area (Å²) in [5, 5.41) is 17.8. The number of hydrogen-bond acceptors (Lipinski definition) is 7. The molecule has 2 aromatic rings. The second-order valence-corrected chi connectivity index (χ2v) is 5.87. The summed E-state index contributed by atoms with van der Waals surface area (Å²) in [7, 11) is 0.